The Balaban J connectivity index is 1.68. The predicted octanol–water partition coefficient (Wildman–Crippen LogP) is 8.47. The van der Waals surface area contributed by atoms with Crippen molar-refractivity contribution in [2.24, 2.45) is 11.8 Å². The third-order valence-corrected chi connectivity index (χ3v) is 7.28. The van der Waals surface area contributed by atoms with Crippen LogP contribution in [-0.2, 0) is 9.78 Å². The van der Waals surface area contributed by atoms with E-state index in [0.29, 0.717) is 5.92 Å². The molecule has 2 fully saturated rings. The Hall–Kier alpha value is -3.54. The normalized spacial score (nSPS) is 15.1. The molecule has 0 unspecified atom stereocenters. The Morgan fingerprint density at radius 3 is 2.02 bits per heavy atom. The van der Waals surface area contributed by atoms with Crippen LogP contribution in [0.15, 0.2) is 48.8 Å². The van der Waals surface area contributed by atoms with Gasteiger partial charge in [0.1, 0.15) is 17.2 Å². The van der Waals surface area contributed by atoms with Crippen molar-refractivity contribution in [3.63, 3.8) is 0 Å². The summed E-state index contributed by atoms with van der Waals surface area (Å²) in [6.45, 7) is -5.75. The van der Waals surface area contributed by atoms with E-state index in [-0.39, 0.29) is 74.3 Å². The molecule has 2 saturated carbocycles. The van der Waals surface area contributed by atoms with Crippen molar-refractivity contribution in [2.75, 3.05) is 13.2 Å². The number of ether oxygens (including phenoxy) is 3. The quantitative estimate of drug-likeness (QED) is 0.0992. The van der Waals surface area contributed by atoms with Crippen LogP contribution in [0.2, 0.25) is 10.0 Å². The van der Waals surface area contributed by atoms with Gasteiger partial charge in [0, 0.05) is 35.2 Å². The molecule has 0 aliphatic heterocycles. The van der Waals surface area contributed by atoms with E-state index >= 15 is 0 Å². The van der Waals surface area contributed by atoms with Gasteiger partial charge in [-0.05, 0) is 79.5 Å². The summed E-state index contributed by atoms with van der Waals surface area (Å²) < 4.78 is 67.9. The number of benzene rings is 2. The van der Waals surface area contributed by atoms with Gasteiger partial charge in [-0.1, -0.05) is 23.2 Å². The number of carbonyl (C=O) groups excluding carboxylic acids is 1. The van der Waals surface area contributed by atoms with Gasteiger partial charge >= 0.3 is 19.2 Å². The smallest absolute Gasteiger partial charge is 0.387 e. The summed E-state index contributed by atoms with van der Waals surface area (Å²) in [6, 6.07) is 7.65. The van der Waals surface area contributed by atoms with E-state index in [9.17, 15) is 22.4 Å². The standard InChI is InChI=1S/C30H25Cl2F4NO6/c31-25-12-37-13-26(32)24(25)11-23(20-7-5-19(42-30(35)36)10-27(20)39-14-16-1-2-16)22-9-18(41-29(33)34)6-8-21(22)28(38)43-40-15-17-3-4-17/h5-13,16-17,29-30H,1-4,14-15H2/b23-11+. The van der Waals surface area contributed by atoms with E-state index in [4.69, 9.17) is 37.7 Å². The van der Waals surface area contributed by atoms with Gasteiger partial charge < -0.3 is 14.2 Å². The zero-order valence-electron chi connectivity index (χ0n) is 22.4. The summed E-state index contributed by atoms with van der Waals surface area (Å²) in [5.41, 5.74) is 0.734. The van der Waals surface area contributed by atoms with Crippen LogP contribution >= 0.6 is 23.2 Å². The molecule has 1 heterocycles. The van der Waals surface area contributed by atoms with E-state index in [0.717, 1.165) is 25.7 Å². The van der Waals surface area contributed by atoms with Crippen molar-refractivity contribution in [2.45, 2.75) is 38.9 Å². The van der Waals surface area contributed by atoms with Crippen molar-refractivity contribution in [3.05, 3.63) is 81.1 Å². The fraction of sp³-hybridized carbons (Fsp3) is 0.333. The predicted molar refractivity (Wildman–Crippen MR) is 150 cm³/mol. The molecule has 0 bridgehead atoms. The molecule has 5 rings (SSSR count). The van der Waals surface area contributed by atoms with Crippen molar-refractivity contribution in [3.8, 4) is 17.2 Å². The molecule has 228 valence electrons. The number of rotatable bonds is 14. The second kappa shape index (κ2) is 13.8. The van der Waals surface area contributed by atoms with Gasteiger partial charge in [-0.15, -0.1) is 0 Å². The molecule has 0 spiro atoms. The molecule has 3 aromatic rings. The number of hydrogen-bond donors (Lipinski definition) is 0. The van der Waals surface area contributed by atoms with Gasteiger partial charge in [0.05, 0.1) is 28.8 Å². The summed E-state index contributed by atoms with van der Waals surface area (Å²) in [6.07, 6.45) is 7.99. The zero-order chi connectivity index (χ0) is 30.5. The molecule has 2 aromatic carbocycles. The van der Waals surface area contributed by atoms with Crippen LogP contribution in [0.4, 0.5) is 17.6 Å². The van der Waals surface area contributed by atoms with Crippen LogP contribution in [0, 0.1) is 11.8 Å². The van der Waals surface area contributed by atoms with Gasteiger partial charge in [-0.25, -0.2) is 4.79 Å². The van der Waals surface area contributed by atoms with Gasteiger partial charge in [0.15, 0.2) is 0 Å². The van der Waals surface area contributed by atoms with Crippen LogP contribution in [0.5, 0.6) is 17.2 Å². The maximum Gasteiger partial charge on any atom is 0.387 e. The van der Waals surface area contributed by atoms with E-state index in [1.807, 2.05) is 0 Å². The number of carbonyl (C=O) groups is 1. The average molecular weight is 642 g/mol. The fourth-order valence-corrected chi connectivity index (χ4v) is 4.60. The lowest BCUT2D eigenvalue weighted by atomic mass is 9.91. The Morgan fingerprint density at radius 2 is 1.42 bits per heavy atom. The van der Waals surface area contributed by atoms with Gasteiger partial charge in [0.2, 0.25) is 0 Å². The largest absolute Gasteiger partial charge is 0.493 e. The minimum atomic E-state index is -3.16. The highest BCUT2D eigenvalue weighted by molar-refractivity contribution is 6.37. The lowest BCUT2D eigenvalue weighted by Gasteiger charge is -2.19. The summed E-state index contributed by atoms with van der Waals surface area (Å²) in [5, 5.41) is 0.278. The lowest BCUT2D eigenvalue weighted by Crippen LogP contribution is -2.12. The number of aromatic nitrogens is 1. The number of hydrogen-bond acceptors (Lipinski definition) is 7. The van der Waals surface area contributed by atoms with Crippen molar-refractivity contribution < 1.29 is 46.3 Å². The first-order valence-electron chi connectivity index (χ1n) is 13.3. The molecular weight excluding hydrogens is 617 g/mol. The van der Waals surface area contributed by atoms with Crippen molar-refractivity contribution in [1.82, 2.24) is 4.98 Å². The lowest BCUT2D eigenvalue weighted by molar-refractivity contribution is -0.243. The van der Waals surface area contributed by atoms with Crippen LogP contribution in [-0.4, -0.2) is 37.4 Å². The van der Waals surface area contributed by atoms with E-state index in [1.54, 1.807) is 0 Å². The molecule has 0 amide bonds. The molecule has 1 aromatic heterocycles. The van der Waals surface area contributed by atoms with Crippen LogP contribution in [0.25, 0.3) is 11.6 Å². The molecule has 0 atom stereocenters. The number of nitrogens with zero attached hydrogens (tertiary/aromatic N) is 1. The van der Waals surface area contributed by atoms with Crippen LogP contribution < -0.4 is 14.2 Å². The maximum atomic E-state index is 13.2. The molecule has 2 aliphatic rings. The molecular formula is C30H25Cl2F4NO6. The SMILES string of the molecule is O=C(OOCC1CC1)c1ccc(OC(F)F)cc1/C(=C/c1c(Cl)cncc1Cl)c1ccc(OC(F)F)cc1OCC1CC1. The van der Waals surface area contributed by atoms with Gasteiger partial charge in [-0.2, -0.15) is 22.4 Å². The monoisotopic (exact) mass is 641 g/mol. The first-order chi connectivity index (χ1) is 20.7. The summed E-state index contributed by atoms with van der Waals surface area (Å²) in [4.78, 5) is 27.4. The summed E-state index contributed by atoms with van der Waals surface area (Å²) in [5.74, 6) is -0.651. The van der Waals surface area contributed by atoms with E-state index in [2.05, 4.69) is 14.5 Å². The fourth-order valence-electron chi connectivity index (χ4n) is 4.13. The second-order valence-electron chi connectivity index (χ2n) is 10.1. The summed E-state index contributed by atoms with van der Waals surface area (Å²) >= 11 is 12.9. The Morgan fingerprint density at radius 1 is 0.837 bits per heavy atom. The molecule has 2 aliphatic carbocycles. The molecule has 7 nitrogen and oxygen atoms in total. The second-order valence-corrected chi connectivity index (χ2v) is 10.9. The van der Waals surface area contributed by atoms with Crippen LogP contribution in [0.1, 0.15) is 52.7 Å². The highest BCUT2D eigenvalue weighted by atomic mass is 35.5. The van der Waals surface area contributed by atoms with Crippen LogP contribution in [0.3, 0.4) is 0 Å². The molecule has 13 heteroatoms. The van der Waals surface area contributed by atoms with Crippen molar-refractivity contribution >= 4 is 40.8 Å². The minimum absolute atomic E-state index is 0.0564. The number of alkyl halides is 4. The highest BCUT2D eigenvalue weighted by Crippen LogP contribution is 2.41. The number of halogens is 6. The highest BCUT2D eigenvalue weighted by Gasteiger charge is 2.27. The van der Waals surface area contributed by atoms with Gasteiger partial charge in [0.25, 0.3) is 0 Å². The molecule has 43 heavy (non-hydrogen) atoms. The topological polar surface area (TPSA) is 76.1 Å². The Labute approximate surface area is 254 Å². The number of pyridine rings is 1. The third kappa shape index (κ3) is 8.52. The Kier molecular flexibility index (Phi) is 9.94. The summed E-state index contributed by atoms with van der Waals surface area (Å²) in [7, 11) is 0. The molecule has 0 saturated heterocycles. The van der Waals surface area contributed by atoms with E-state index in [1.165, 1.54) is 54.9 Å². The van der Waals surface area contributed by atoms with E-state index < -0.39 is 19.2 Å². The first-order valence-corrected chi connectivity index (χ1v) is 14.1. The maximum absolute atomic E-state index is 13.2. The van der Waals surface area contributed by atoms with Gasteiger partial charge in [-0.3, -0.25) is 9.87 Å². The average Bonchev–Trinajstić information content (AvgIpc) is 3.88. The zero-order valence-corrected chi connectivity index (χ0v) is 23.9. The van der Waals surface area contributed by atoms with Crippen molar-refractivity contribution in [1.29, 1.82) is 0 Å². The molecule has 0 N–H and O–H groups in total. The first kappa shape index (κ1) is 30.9. The third-order valence-electron chi connectivity index (χ3n) is 6.68. The molecule has 0 radical (unpaired) electrons. The Bertz CT molecular complexity index is 1480. The minimum Gasteiger partial charge on any atom is -0.493 e.